The van der Waals surface area contributed by atoms with Crippen LogP contribution < -0.4 is 10.9 Å². The Hall–Kier alpha value is -3.14. The molecule has 184 valence electrons. The lowest BCUT2D eigenvalue weighted by Gasteiger charge is -2.41. The van der Waals surface area contributed by atoms with Gasteiger partial charge in [0.15, 0.2) is 5.56 Å². The van der Waals surface area contributed by atoms with E-state index in [0.29, 0.717) is 43.2 Å². The number of morpholine rings is 1. The van der Waals surface area contributed by atoms with Gasteiger partial charge in [0.2, 0.25) is 11.8 Å². The fourth-order valence-electron chi connectivity index (χ4n) is 4.29. The van der Waals surface area contributed by atoms with E-state index < -0.39 is 17.0 Å². The highest BCUT2D eigenvalue weighted by Crippen LogP contribution is 2.26. The van der Waals surface area contributed by atoms with Crippen molar-refractivity contribution < 1.29 is 19.4 Å². The van der Waals surface area contributed by atoms with Crippen molar-refractivity contribution in [2.75, 3.05) is 19.8 Å². The summed E-state index contributed by atoms with van der Waals surface area (Å²) in [6.45, 7) is 11.4. The fourth-order valence-corrected chi connectivity index (χ4v) is 4.29. The minimum atomic E-state index is -0.686. The minimum absolute atomic E-state index is 0.0360. The molecule has 4 rings (SSSR count). The summed E-state index contributed by atoms with van der Waals surface area (Å²) in [4.78, 5) is 40.7. The standard InChI is InChI=1S/C24H33N5O5/c1-14(2)12-27-21-17(8-9-18(30)28-10-11-34-13-24(28,4)5)15(3)26-29(21)23(33)19(22(27)32)20(31)25-16-6-7-16/h8-9,14,16,32H,6-7,10-13H2,1-5H3,(H,25,31)/b9-8+. The number of aromatic nitrogens is 3. The van der Waals surface area contributed by atoms with Gasteiger partial charge in [-0.15, -0.1) is 0 Å². The topological polar surface area (TPSA) is 118 Å². The average Bonchev–Trinajstić information content (AvgIpc) is 3.49. The zero-order valence-corrected chi connectivity index (χ0v) is 20.4. The molecule has 10 heteroatoms. The van der Waals surface area contributed by atoms with Crippen LogP contribution in [0.2, 0.25) is 0 Å². The minimum Gasteiger partial charge on any atom is -0.494 e. The summed E-state index contributed by atoms with van der Waals surface area (Å²) in [5, 5.41) is 18.2. The van der Waals surface area contributed by atoms with E-state index in [1.54, 1.807) is 17.9 Å². The van der Waals surface area contributed by atoms with Gasteiger partial charge in [-0.05, 0) is 45.6 Å². The van der Waals surface area contributed by atoms with Crippen molar-refractivity contribution in [3.63, 3.8) is 0 Å². The van der Waals surface area contributed by atoms with Crippen LogP contribution >= 0.6 is 0 Å². The van der Waals surface area contributed by atoms with E-state index in [0.717, 1.165) is 17.4 Å². The number of hydrogen-bond acceptors (Lipinski definition) is 6. The molecule has 2 aliphatic rings. The van der Waals surface area contributed by atoms with E-state index in [1.165, 1.54) is 10.6 Å². The van der Waals surface area contributed by atoms with E-state index in [-0.39, 0.29) is 29.3 Å². The number of rotatable bonds is 6. The highest BCUT2D eigenvalue weighted by Gasteiger charge is 2.33. The molecule has 2 amide bonds. The zero-order valence-electron chi connectivity index (χ0n) is 20.4. The largest absolute Gasteiger partial charge is 0.494 e. The predicted molar refractivity (Wildman–Crippen MR) is 127 cm³/mol. The van der Waals surface area contributed by atoms with Crippen LogP contribution in [0.25, 0.3) is 11.7 Å². The van der Waals surface area contributed by atoms with Crippen molar-refractivity contribution in [2.45, 2.75) is 65.6 Å². The van der Waals surface area contributed by atoms with Crippen LogP contribution in [-0.2, 0) is 16.1 Å². The summed E-state index contributed by atoms with van der Waals surface area (Å²) >= 11 is 0. The van der Waals surface area contributed by atoms with Crippen molar-refractivity contribution in [3.8, 4) is 5.88 Å². The molecule has 1 aliphatic carbocycles. The quantitative estimate of drug-likeness (QED) is 0.620. The van der Waals surface area contributed by atoms with Crippen molar-refractivity contribution in [2.24, 2.45) is 5.92 Å². The van der Waals surface area contributed by atoms with Gasteiger partial charge in [-0.2, -0.15) is 9.61 Å². The Kier molecular flexibility index (Phi) is 6.28. The molecule has 0 aromatic carbocycles. The van der Waals surface area contributed by atoms with Crippen LogP contribution in [0.1, 0.15) is 62.2 Å². The van der Waals surface area contributed by atoms with Crippen LogP contribution in [0, 0.1) is 12.8 Å². The van der Waals surface area contributed by atoms with Crippen LogP contribution in [0.4, 0.5) is 0 Å². The number of aryl methyl sites for hydroxylation is 1. The number of nitrogens with one attached hydrogen (secondary N) is 1. The lowest BCUT2D eigenvalue weighted by atomic mass is 10.0. The third-order valence-electron chi connectivity index (χ3n) is 6.21. The van der Waals surface area contributed by atoms with E-state index in [2.05, 4.69) is 10.4 Å². The summed E-state index contributed by atoms with van der Waals surface area (Å²) in [6, 6.07) is 0.0360. The molecule has 2 N–H and O–H groups in total. The van der Waals surface area contributed by atoms with Crippen LogP contribution in [-0.4, -0.2) is 67.3 Å². The van der Waals surface area contributed by atoms with Gasteiger partial charge in [0.05, 0.1) is 24.4 Å². The summed E-state index contributed by atoms with van der Waals surface area (Å²) < 4.78 is 8.19. The molecule has 3 heterocycles. The molecule has 0 bridgehead atoms. The second-order valence-electron chi connectivity index (χ2n) is 10.2. The Balaban J connectivity index is 1.81. The van der Waals surface area contributed by atoms with Gasteiger partial charge in [0.25, 0.3) is 11.5 Å². The Labute approximate surface area is 198 Å². The van der Waals surface area contributed by atoms with Crippen molar-refractivity contribution in [3.05, 3.63) is 33.3 Å². The predicted octanol–water partition coefficient (Wildman–Crippen LogP) is 1.71. The summed E-state index contributed by atoms with van der Waals surface area (Å²) in [6.07, 6.45) is 4.81. The lowest BCUT2D eigenvalue weighted by molar-refractivity contribution is -0.140. The number of carbonyl (C=O) groups excluding carboxylic acids is 2. The monoisotopic (exact) mass is 471 g/mol. The van der Waals surface area contributed by atoms with Gasteiger partial charge in [0.1, 0.15) is 5.65 Å². The fraction of sp³-hybridized carbons (Fsp3) is 0.583. The molecule has 1 saturated heterocycles. The van der Waals surface area contributed by atoms with E-state index in [1.807, 2.05) is 27.7 Å². The highest BCUT2D eigenvalue weighted by atomic mass is 16.5. The van der Waals surface area contributed by atoms with E-state index in [4.69, 9.17) is 4.74 Å². The zero-order chi connectivity index (χ0) is 24.8. The molecule has 0 radical (unpaired) electrons. The molecule has 34 heavy (non-hydrogen) atoms. The number of ether oxygens (including phenoxy) is 1. The first-order valence-corrected chi connectivity index (χ1v) is 11.7. The van der Waals surface area contributed by atoms with Crippen molar-refractivity contribution in [1.82, 2.24) is 24.4 Å². The Morgan fingerprint density at radius 2 is 2.03 bits per heavy atom. The SMILES string of the molecule is Cc1nn2c(=O)c(C(=O)NC3CC3)c(O)n(CC(C)C)c2c1/C=C/C(=O)N1CCOCC1(C)C. The third-order valence-corrected chi connectivity index (χ3v) is 6.21. The van der Waals surface area contributed by atoms with Crippen LogP contribution in [0.15, 0.2) is 10.9 Å². The molecule has 2 fully saturated rings. The molecule has 10 nitrogen and oxygen atoms in total. The normalized spacial score (nSPS) is 18.2. The van der Waals surface area contributed by atoms with E-state index in [9.17, 15) is 19.5 Å². The molecule has 2 aromatic rings. The Bertz CT molecular complexity index is 1220. The smallest absolute Gasteiger partial charge is 0.291 e. The maximum Gasteiger partial charge on any atom is 0.291 e. The second-order valence-corrected chi connectivity index (χ2v) is 10.2. The number of fused-ring (bicyclic) bond motifs is 1. The molecule has 2 aromatic heterocycles. The molecule has 1 aliphatic heterocycles. The average molecular weight is 472 g/mol. The van der Waals surface area contributed by atoms with Crippen LogP contribution in [0.3, 0.4) is 0 Å². The van der Waals surface area contributed by atoms with Crippen LogP contribution in [0.5, 0.6) is 5.88 Å². The highest BCUT2D eigenvalue weighted by molar-refractivity contribution is 5.97. The lowest BCUT2D eigenvalue weighted by Crippen LogP contribution is -2.55. The number of nitrogens with zero attached hydrogens (tertiary/aromatic N) is 4. The molecule has 0 spiro atoms. The first-order valence-electron chi connectivity index (χ1n) is 11.7. The maximum absolute atomic E-state index is 13.2. The molecular weight excluding hydrogens is 438 g/mol. The van der Waals surface area contributed by atoms with Crippen molar-refractivity contribution >= 4 is 23.5 Å². The Morgan fingerprint density at radius 3 is 2.65 bits per heavy atom. The first kappa shape index (κ1) is 24.0. The summed E-state index contributed by atoms with van der Waals surface area (Å²) in [5.41, 5.74) is -0.0293. The number of aromatic hydroxyl groups is 1. The first-order chi connectivity index (χ1) is 16.0. The third kappa shape index (κ3) is 4.46. The van der Waals surface area contributed by atoms with E-state index >= 15 is 0 Å². The number of hydrogen-bond donors (Lipinski definition) is 2. The number of amides is 2. The summed E-state index contributed by atoms with van der Waals surface area (Å²) in [5.74, 6) is -1.05. The van der Waals surface area contributed by atoms with Gasteiger partial charge in [-0.3, -0.25) is 19.0 Å². The van der Waals surface area contributed by atoms with Gasteiger partial charge >= 0.3 is 0 Å². The number of carbonyl (C=O) groups is 2. The summed E-state index contributed by atoms with van der Waals surface area (Å²) in [7, 11) is 0. The maximum atomic E-state index is 13.2. The van der Waals surface area contributed by atoms with Gasteiger partial charge in [-0.25, -0.2) is 0 Å². The molecule has 1 saturated carbocycles. The molecule has 0 unspecified atom stereocenters. The second kappa shape index (κ2) is 8.90. The Morgan fingerprint density at radius 1 is 1.32 bits per heavy atom. The van der Waals surface area contributed by atoms with Gasteiger partial charge in [0, 0.05) is 30.8 Å². The molecular formula is C24H33N5O5. The van der Waals surface area contributed by atoms with Gasteiger partial charge in [-0.1, -0.05) is 13.8 Å². The van der Waals surface area contributed by atoms with Gasteiger partial charge < -0.3 is 20.1 Å². The molecule has 0 atom stereocenters. The van der Waals surface area contributed by atoms with Crippen molar-refractivity contribution in [1.29, 1.82) is 0 Å².